The molecule has 39 heavy (non-hydrogen) atoms. The first kappa shape index (κ1) is 27.6. The number of benzene rings is 1. The number of nitro benzene ring substituents is 1. The molecule has 0 unspecified atom stereocenters. The van der Waals surface area contributed by atoms with Crippen LogP contribution in [-0.2, 0) is 23.8 Å². The Morgan fingerprint density at radius 1 is 1.26 bits per heavy atom. The minimum atomic E-state index is -5.29. The average Bonchev–Trinajstić information content (AvgIpc) is 3.44. The predicted molar refractivity (Wildman–Crippen MR) is 124 cm³/mol. The van der Waals surface area contributed by atoms with Crippen molar-refractivity contribution in [2.45, 2.75) is 37.6 Å². The van der Waals surface area contributed by atoms with Crippen LogP contribution in [0, 0.1) is 14.8 Å². The second-order valence-corrected chi connectivity index (χ2v) is 8.48. The Kier molecular flexibility index (Phi) is 7.59. The molecule has 0 aliphatic carbocycles. The van der Waals surface area contributed by atoms with Crippen molar-refractivity contribution in [2.24, 2.45) is 0 Å². The van der Waals surface area contributed by atoms with Crippen LogP contribution < -0.4 is 5.32 Å². The number of fused-ring (bicyclic) bond motifs is 1. The van der Waals surface area contributed by atoms with E-state index in [1.807, 2.05) is 0 Å². The first-order chi connectivity index (χ1) is 18.4. The number of carbonyl (C=O) groups is 3. The maximum Gasteiger partial charge on any atom is 0.471 e. The number of imidazole rings is 1. The summed E-state index contributed by atoms with van der Waals surface area (Å²) in [5, 5.41) is 12.6. The van der Waals surface area contributed by atoms with Crippen molar-refractivity contribution in [1.29, 1.82) is 0 Å². The van der Waals surface area contributed by atoms with Crippen LogP contribution >= 0.6 is 12.2 Å². The smallest absolute Gasteiger partial charge is 0.459 e. The van der Waals surface area contributed by atoms with Crippen molar-refractivity contribution < 1.29 is 46.7 Å². The lowest BCUT2D eigenvalue weighted by Crippen LogP contribution is -2.53. The molecule has 2 aromatic heterocycles. The largest absolute Gasteiger partial charge is 0.471 e. The Bertz CT molecular complexity index is 1490. The highest BCUT2D eigenvalue weighted by atomic mass is 32.1. The molecule has 0 radical (unpaired) electrons. The summed E-state index contributed by atoms with van der Waals surface area (Å²) in [6.45, 7) is 0.308. The van der Waals surface area contributed by atoms with Gasteiger partial charge < -0.3 is 24.5 Å². The maximum atomic E-state index is 13.1. The van der Waals surface area contributed by atoms with Gasteiger partial charge in [-0.05, 0) is 12.1 Å². The van der Waals surface area contributed by atoms with Gasteiger partial charge in [-0.25, -0.2) is 14.8 Å². The van der Waals surface area contributed by atoms with Crippen molar-refractivity contribution in [3.8, 4) is 0 Å². The third-order valence-corrected chi connectivity index (χ3v) is 5.85. The van der Waals surface area contributed by atoms with Gasteiger partial charge in [-0.15, -0.1) is 0 Å². The fraction of sp³-hybridized carbons (Fsp3) is 0.333. The van der Waals surface area contributed by atoms with Crippen LogP contribution in [0.2, 0.25) is 0 Å². The van der Waals surface area contributed by atoms with E-state index in [0.717, 1.165) is 31.2 Å². The van der Waals surface area contributed by atoms with Gasteiger partial charge >= 0.3 is 24.0 Å². The number of H-pyrrole nitrogens is 1. The van der Waals surface area contributed by atoms with E-state index < -0.39 is 60.0 Å². The van der Waals surface area contributed by atoms with Crippen molar-refractivity contribution in [2.75, 3.05) is 6.61 Å². The lowest BCUT2D eigenvalue weighted by Gasteiger charge is -2.25. The number of carbonyl (C=O) groups excluding carboxylic acids is 3. The molecular formula is C21H17F3N6O8S. The fourth-order valence-corrected chi connectivity index (χ4v) is 4.06. The number of alkyl halides is 3. The number of rotatable bonds is 7. The number of aromatic nitrogens is 4. The van der Waals surface area contributed by atoms with Crippen molar-refractivity contribution in [3.63, 3.8) is 0 Å². The molecule has 0 saturated carbocycles. The van der Waals surface area contributed by atoms with Gasteiger partial charge in [-0.3, -0.25) is 24.3 Å². The number of amides is 1. The number of esters is 2. The van der Waals surface area contributed by atoms with E-state index in [2.05, 4.69) is 15.0 Å². The topological polar surface area (TPSA) is 181 Å². The number of nitrogens with one attached hydrogen (secondary N) is 2. The highest BCUT2D eigenvalue weighted by molar-refractivity contribution is 7.71. The number of nitrogens with zero attached hydrogens (tertiary/aromatic N) is 4. The molecule has 206 valence electrons. The number of nitro groups is 1. The zero-order chi connectivity index (χ0) is 28.5. The Morgan fingerprint density at radius 2 is 1.95 bits per heavy atom. The highest BCUT2D eigenvalue weighted by Crippen LogP contribution is 2.35. The predicted octanol–water partition coefficient (Wildman–Crippen LogP) is 2.13. The van der Waals surface area contributed by atoms with Crippen molar-refractivity contribution >= 4 is 46.9 Å². The minimum Gasteiger partial charge on any atom is -0.459 e. The average molecular weight is 570 g/mol. The zero-order valence-corrected chi connectivity index (χ0v) is 20.4. The third-order valence-electron chi connectivity index (χ3n) is 5.55. The van der Waals surface area contributed by atoms with E-state index in [9.17, 15) is 37.7 Å². The molecule has 3 aromatic rings. The summed E-state index contributed by atoms with van der Waals surface area (Å²) in [7, 11) is 0. The molecule has 14 nitrogen and oxygen atoms in total. The molecule has 0 bridgehead atoms. The van der Waals surface area contributed by atoms with Gasteiger partial charge in [0.2, 0.25) is 0 Å². The second-order valence-electron chi connectivity index (χ2n) is 8.10. The summed E-state index contributed by atoms with van der Waals surface area (Å²) in [5.74, 6) is -4.23. The molecular weight excluding hydrogens is 553 g/mol. The molecule has 1 aliphatic rings. The Hall–Kier alpha value is -4.45. The highest BCUT2D eigenvalue weighted by Gasteiger charge is 2.52. The Morgan fingerprint density at radius 3 is 2.56 bits per heavy atom. The van der Waals surface area contributed by atoms with Crippen LogP contribution in [0.5, 0.6) is 0 Å². The normalized spacial score (nSPS) is 20.9. The quantitative estimate of drug-likeness (QED) is 0.184. The standard InChI is InChI=1S/C21H17F3N6O8S/c1-9(31)37-15-13(28-20(33)21(22,23)24)12(6-36-19(32)10-2-4-11(5-3-10)30(34)35)38-18(15)29-8-27-14-16(29)25-7-26-17(14)39/h2-5,7-8,12-13,15,18H,6H2,1H3,(H,28,33)(H,25,26,39)/t12-,13-,15-,18-/m1/s1. The summed E-state index contributed by atoms with van der Waals surface area (Å²) in [6, 6.07) is 2.73. The first-order valence-corrected chi connectivity index (χ1v) is 11.3. The lowest BCUT2D eigenvalue weighted by molar-refractivity contribution is -0.384. The van der Waals surface area contributed by atoms with Crippen LogP contribution in [0.25, 0.3) is 11.2 Å². The van der Waals surface area contributed by atoms with E-state index in [-0.39, 0.29) is 27.1 Å². The molecule has 4 atom stereocenters. The van der Waals surface area contributed by atoms with Crippen LogP contribution in [0.1, 0.15) is 23.5 Å². The lowest BCUT2D eigenvalue weighted by atomic mass is 10.1. The van der Waals surface area contributed by atoms with Gasteiger partial charge in [0.1, 0.15) is 29.9 Å². The summed E-state index contributed by atoms with van der Waals surface area (Å²) in [6.07, 6.45) is -7.18. The van der Waals surface area contributed by atoms with E-state index in [4.69, 9.17) is 26.4 Å². The van der Waals surface area contributed by atoms with Crippen LogP contribution in [0.15, 0.2) is 36.9 Å². The molecule has 3 heterocycles. The van der Waals surface area contributed by atoms with Crippen molar-refractivity contribution in [1.82, 2.24) is 24.8 Å². The van der Waals surface area contributed by atoms with E-state index in [1.165, 1.54) is 17.2 Å². The van der Waals surface area contributed by atoms with Gasteiger partial charge in [0, 0.05) is 19.1 Å². The summed E-state index contributed by atoms with van der Waals surface area (Å²) in [4.78, 5) is 57.2. The number of non-ortho nitro benzene ring substituents is 1. The Balaban J connectivity index is 1.65. The summed E-state index contributed by atoms with van der Waals surface area (Å²) >= 11 is 5.11. The Labute approximate surface area is 220 Å². The number of halogens is 3. The monoisotopic (exact) mass is 570 g/mol. The number of aromatic amines is 1. The SMILES string of the molecule is CC(=O)O[C@@H]1[C@H](NC(=O)C(F)(F)F)[C@@H](COC(=O)c2ccc([N+](=O)[O-])cc2)O[C@H]1n1cnc2c(=S)nc[nH]c21. The molecule has 0 spiro atoms. The fourth-order valence-electron chi connectivity index (χ4n) is 3.86. The number of ether oxygens (including phenoxy) is 3. The van der Waals surface area contributed by atoms with Gasteiger partial charge in [0.15, 0.2) is 17.0 Å². The molecule has 1 fully saturated rings. The summed E-state index contributed by atoms with van der Waals surface area (Å²) < 4.78 is 57.1. The van der Waals surface area contributed by atoms with Crippen LogP contribution in [-0.4, -0.2) is 73.3 Å². The van der Waals surface area contributed by atoms with Crippen LogP contribution in [0.3, 0.4) is 0 Å². The van der Waals surface area contributed by atoms with Gasteiger partial charge in [0.25, 0.3) is 5.69 Å². The van der Waals surface area contributed by atoms with Crippen molar-refractivity contribution in [3.05, 3.63) is 57.2 Å². The van der Waals surface area contributed by atoms with E-state index in [1.54, 1.807) is 5.32 Å². The van der Waals surface area contributed by atoms with Crippen LogP contribution in [0.4, 0.5) is 18.9 Å². The van der Waals surface area contributed by atoms with Gasteiger partial charge in [-0.1, -0.05) is 12.2 Å². The number of hydrogen-bond acceptors (Lipinski definition) is 11. The summed E-state index contributed by atoms with van der Waals surface area (Å²) in [5.41, 5.74) is 0.0564. The van der Waals surface area contributed by atoms with Gasteiger partial charge in [0.05, 0.1) is 23.1 Å². The van der Waals surface area contributed by atoms with Gasteiger partial charge in [-0.2, -0.15) is 13.2 Å². The molecule has 1 saturated heterocycles. The molecule has 2 N–H and O–H groups in total. The molecule has 4 rings (SSSR count). The zero-order valence-electron chi connectivity index (χ0n) is 19.6. The first-order valence-electron chi connectivity index (χ1n) is 10.9. The second kappa shape index (κ2) is 10.7. The number of hydrogen-bond donors (Lipinski definition) is 2. The molecule has 1 aliphatic heterocycles. The minimum absolute atomic E-state index is 0.0942. The van der Waals surface area contributed by atoms with E-state index >= 15 is 0 Å². The maximum absolute atomic E-state index is 13.1. The third kappa shape index (κ3) is 5.85. The molecule has 18 heteroatoms. The molecule has 1 amide bonds. The van der Waals surface area contributed by atoms with E-state index in [0.29, 0.717) is 0 Å². The molecule has 1 aromatic carbocycles.